The fourth-order valence-electron chi connectivity index (χ4n) is 3.43. The molecule has 0 atom stereocenters. The predicted molar refractivity (Wildman–Crippen MR) is 97.1 cm³/mol. The van der Waals surface area contributed by atoms with Gasteiger partial charge in [-0.1, -0.05) is 0 Å². The monoisotopic (exact) mass is 400 g/mol. The summed E-state index contributed by atoms with van der Waals surface area (Å²) >= 11 is -2.28. The Morgan fingerprint density at radius 1 is 0.952 bits per heavy atom. The van der Waals surface area contributed by atoms with Crippen LogP contribution in [0.5, 0.6) is 0 Å². The van der Waals surface area contributed by atoms with Crippen molar-refractivity contribution in [1.82, 2.24) is 9.55 Å². The van der Waals surface area contributed by atoms with Crippen molar-refractivity contribution in [3.63, 3.8) is 0 Å². The first kappa shape index (κ1) is 19.1. The second-order valence-electron chi connectivity index (χ2n) is 6.87. The van der Waals surface area contributed by atoms with E-state index in [1.165, 1.54) is 51.8 Å². The maximum atomic E-state index is 4.55. The molecule has 0 saturated heterocycles. The molecule has 0 aliphatic heterocycles. The van der Waals surface area contributed by atoms with Crippen molar-refractivity contribution < 1.29 is 0 Å². The first-order chi connectivity index (χ1) is 10.1. The molecule has 1 heterocycles. The Bertz CT molecular complexity index is 363. The minimum atomic E-state index is -2.28. The molecule has 0 aliphatic rings. The summed E-state index contributed by atoms with van der Waals surface area (Å²) in [5.74, 6) is 0. The van der Waals surface area contributed by atoms with E-state index in [0.717, 1.165) is 0 Å². The molecule has 3 heteroatoms. The Morgan fingerprint density at radius 2 is 1.43 bits per heavy atom. The van der Waals surface area contributed by atoms with Crippen LogP contribution in [0.25, 0.3) is 0 Å². The summed E-state index contributed by atoms with van der Waals surface area (Å²) < 4.78 is 8.81. The van der Waals surface area contributed by atoms with Crippen molar-refractivity contribution >= 4 is 22.1 Å². The standard InChI is InChI=1S/C6H9N2.3C4H9.Sn/c1-6(2)8-4-3-7-5-8;3*1-3-4-2;/h3,5-6H,1-2H3;3*1,3-4H2,2H3;. The molecule has 0 unspecified atom stereocenters. The third-order valence-corrected chi connectivity index (χ3v) is 20.2. The molecule has 0 spiro atoms. The molecule has 0 radical (unpaired) electrons. The van der Waals surface area contributed by atoms with Gasteiger partial charge in [0.1, 0.15) is 0 Å². The van der Waals surface area contributed by atoms with Crippen LogP contribution >= 0.6 is 0 Å². The molecule has 122 valence electrons. The van der Waals surface area contributed by atoms with Gasteiger partial charge in [0.25, 0.3) is 0 Å². The van der Waals surface area contributed by atoms with Crippen LogP contribution in [-0.2, 0) is 0 Å². The zero-order valence-electron chi connectivity index (χ0n) is 15.0. The molecular weight excluding hydrogens is 363 g/mol. The molecule has 0 bridgehead atoms. The van der Waals surface area contributed by atoms with Gasteiger partial charge >= 0.3 is 137 Å². The Hall–Kier alpha value is 0.00870. The van der Waals surface area contributed by atoms with Crippen LogP contribution in [-0.4, -0.2) is 27.9 Å². The first-order valence-corrected chi connectivity index (χ1v) is 16.6. The molecule has 0 fully saturated rings. The number of aromatic nitrogens is 2. The van der Waals surface area contributed by atoms with Gasteiger partial charge in [-0.05, 0) is 0 Å². The number of nitrogens with zero attached hydrogens (tertiary/aromatic N) is 2. The van der Waals surface area contributed by atoms with Crippen LogP contribution in [0.1, 0.15) is 79.2 Å². The van der Waals surface area contributed by atoms with E-state index in [4.69, 9.17) is 0 Å². The number of imidazole rings is 1. The van der Waals surface area contributed by atoms with E-state index in [9.17, 15) is 0 Å². The van der Waals surface area contributed by atoms with Gasteiger partial charge in [-0.25, -0.2) is 0 Å². The summed E-state index contributed by atoms with van der Waals surface area (Å²) in [5.41, 5.74) is 0. The first-order valence-electron chi connectivity index (χ1n) is 9.13. The molecule has 0 saturated carbocycles. The van der Waals surface area contributed by atoms with Gasteiger partial charge in [0.05, 0.1) is 0 Å². The fraction of sp³-hybridized carbons (Fsp3) is 0.833. The van der Waals surface area contributed by atoms with Gasteiger partial charge in [-0.15, -0.1) is 0 Å². The topological polar surface area (TPSA) is 17.8 Å². The van der Waals surface area contributed by atoms with E-state index in [0.29, 0.717) is 6.04 Å². The van der Waals surface area contributed by atoms with Gasteiger partial charge in [0.2, 0.25) is 0 Å². The maximum absolute atomic E-state index is 4.55. The summed E-state index contributed by atoms with van der Waals surface area (Å²) in [6.45, 7) is 11.6. The molecular formula is C18H36N2Sn. The minimum absolute atomic E-state index is 0.559. The Kier molecular flexibility index (Phi) is 8.99. The summed E-state index contributed by atoms with van der Waals surface area (Å²) in [7, 11) is 0. The van der Waals surface area contributed by atoms with E-state index in [1.807, 2.05) is 0 Å². The Balaban J connectivity index is 3.13. The van der Waals surface area contributed by atoms with Crippen LogP contribution in [0.2, 0.25) is 13.3 Å². The fourth-order valence-corrected chi connectivity index (χ4v) is 20.0. The molecule has 0 N–H and O–H groups in total. The number of hydrogen-bond acceptors (Lipinski definition) is 1. The number of hydrogen-bond donors (Lipinski definition) is 0. The second kappa shape index (κ2) is 9.91. The van der Waals surface area contributed by atoms with Crippen LogP contribution in [0.15, 0.2) is 12.5 Å². The van der Waals surface area contributed by atoms with Crippen molar-refractivity contribution in [2.24, 2.45) is 0 Å². The summed E-state index contributed by atoms with van der Waals surface area (Å²) in [5, 5.41) is 0. The van der Waals surface area contributed by atoms with Crippen LogP contribution in [0.3, 0.4) is 0 Å². The molecule has 0 aliphatic carbocycles. The van der Waals surface area contributed by atoms with Crippen LogP contribution in [0, 0.1) is 0 Å². The molecule has 21 heavy (non-hydrogen) atoms. The van der Waals surface area contributed by atoms with Gasteiger partial charge < -0.3 is 0 Å². The molecule has 1 aromatic heterocycles. The Morgan fingerprint density at radius 3 is 1.81 bits per heavy atom. The third kappa shape index (κ3) is 5.29. The van der Waals surface area contributed by atoms with E-state index in [-0.39, 0.29) is 0 Å². The summed E-state index contributed by atoms with van der Waals surface area (Å²) in [6.07, 6.45) is 12.6. The molecule has 1 aromatic rings. The van der Waals surface area contributed by atoms with Gasteiger partial charge in [-0.2, -0.15) is 0 Å². The van der Waals surface area contributed by atoms with Gasteiger partial charge in [-0.3, -0.25) is 0 Å². The average Bonchev–Trinajstić information content (AvgIpc) is 2.97. The van der Waals surface area contributed by atoms with Crippen molar-refractivity contribution in [1.29, 1.82) is 0 Å². The summed E-state index contributed by atoms with van der Waals surface area (Å²) in [4.78, 5) is 4.55. The van der Waals surface area contributed by atoms with E-state index < -0.39 is 18.4 Å². The number of rotatable bonds is 11. The van der Waals surface area contributed by atoms with Crippen molar-refractivity contribution in [2.45, 2.75) is 92.5 Å². The van der Waals surface area contributed by atoms with Crippen molar-refractivity contribution in [2.75, 3.05) is 0 Å². The van der Waals surface area contributed by atoms with Crippen LogP contribution < -0.4 is 3.71 Å². The normalized spacial score (nSPS) is 12.3. The SMILES string of the molecule is CCC[CH2][Sn]([CH2]CCC)([CH2]CCC)[c]1cncn1C(C)C. The third-order valence-electron chi connectivity index (χ3n) is 4.79. The van der Waals surface area contributed by atoms with Crippen molar-refractivity contribution in [3.8, 4) is 0 Å². The van der Waals surface area contributed by atoms with E-state index in [1.54, 1.807) is 3.71 Å². The van der Waals surface area contributed by atoms with Gasteiger partial charge in [0.15, 0.2) is 0 Å². The number of unbranched alkanes of at least 4 members (excludes halogenated alkanes) is 3. The molecule has 0 amide bonds. The van der Waals surface area contributed by atoms with Crippen molar-refractivity contribution in [3.05, 3.63) is 12.5 Å². The van der Waals surface area contributed by atoms with E-state index >= 15 is 0 Å². The molecule has 0 aromatic carbocycles. The zero-order valence-corrected chi connectivity index (χ0v) is 17.8. The van der Waals surface area contributed by atoms with Gasteiger partial charge in [0, 0.05) is 0 Å². The molecule has 1 rings (SSSR count). The Labute approximate surface area is 136 Å². The van der Waals surface area contributed by atoms with E-state index in [2.05, 4.69) is 56.7 Å². The molecule has 2 nitrogen and oxygen atoms in total. The average molecular weight is 399 g/mol. The summed E-state index contributed by atoms with van der Waals surface area (Å²) in [6, 6.07) is 0.559. The van der Waals surface area contributed by atoms with Crippen LogP contribution in [0.4, 0.5) is 0 Å². The quantitative estimate of drug-likeness (QED) is 0.448. The predicted octanol–water partition coefficient (Wildman–Crippen LogP) is 5.52. The zero-order chi connectivity index (χ0) is 15.7. The second-order valence-corrected chi connectivity index (χ2v) is 19.9.